The summed E-state index contributed by atoms with van der Waals surface area (Å²) in [5, 5.41) is 4.94. The molecule has 0 atom stereocenters. The second-order valence-corrected chi connectivity index (χ2v) is 5.14. The second-order valence-electron chi connectivity index (χ2n) is 5.14. The molecule has 3 N–H and O–H groups in total. The zero-order valence-corrected chi connectivity index (χ0v) is 11.8. The summed E-state index contributed by atoms with van der Waals surface area (Å²) in [4.78, 5) is 22.9. The van der Waals surface area contributed by atoms with E-state index in [4.69, 9.17) is 0 Å². The van der Waals surface area contributed by atoms with Crippen LogP contribution in [-0.2, 0) is 6.54 Å². The molecule has 4 aromatic rings. The molecule has 0 spiro atoms. The molecule has 108 valence electrons. The normalized spacial score (nSPS) is 11.1. The minimum absolute atomic E-state index is 0.0801. The summed E-state index contributed by atoms with van der Waals surface area (Å²) in [5.74, 6) is -0.0801. The lowest BCUT2D eigenvalue weighted by molar-refractivity contribution is 0.0953. The first-order chi connectivity index (χ1) is 10.8. The number of carbonyl (C=O) groups excluding carboxylic acids is 1. The molecule has 1 aromatic carbocycles. The Balaban J connectivity index is 1.59. The van der Waals surface area contributed by atoms with Crippen molar-refractivity contribution in [2.45, 2.75) is 6.54 Å². The van der Waals surface area contributed by atoms with Crippen molar-refractivity contribution in [3.8, 4) is 0 Å². The van der Waals surface area contributed by atoms with Crippen LogP contribution in [0.25, 0.3) is 21.9 Å². The maximum absolute atomic E-state index is 12.4. The molecular formula is C17H14N4O. The van der Waals surface area contributed by atoms with Gasteiger partial charge in [0.15, 0.2) is 0 Å². The van der Waals surface area contributed by atoms with Gasteiger partial charge in [-0.15, -0.1) is 0 Å². The minimum atomic E-state index is -0.0801. The number of hydrogen-bond acceptors (Lipinski definition) is 2. The third-order valence-corrected chi connectivity index (χ3v) is 3.82. The van der Waals surface area contributed by atoms with Gasteiger partial charge in [0.25, 0.3) is 5.91 Å². The van der Waals surface area contributed by atoms with Gasteiger partial charge in [0.2, 0.25) is 0 Å². The lowest BCUT2D eigenvalue weighted by Gasteiger charge is -2.06. The van der Waals surface area contributed by atoms with Crippen LogP contribution in [0, 0.1) is 0 Å². The number of hydrogen-bond donors (Lipinski definition) is 3. The number of benzene rings is 1. The molecule has 0 unspecified atom stereocenters. The molecular weight excluding hydrogens is 276 g/mol. The van der Waals surface area contributed by atoms with E-state index in [1.54, 1.807) is 6.20 Å². The van der Waals surface area contributed by atoms with Crippen LogP contribution in [0.4, 0.5) is 0 Å². The summed E-state index contributed by atoms with van der Waals surface area (Å²) in [6, 6.07) is 11.5. The fourth-order valence-corrected chi connectivity index (χ4v) is 2.71. The van der Waals surface area contributed by atoms with Gasteiger partial charge < -0.3 is 15.3 Å². The topological polar surface area (TPSA) is 73.6 Å². The highest BCUT2D eigenvalue weighted by molar-refractivity contribution is 6.06. The van der Waals surface area contributed by atoms with Crippen LogP contribution in [0.2, 0.25) is 0 Å². The van der Waals surface area contributed by atoms with Crippen molar-refractivity contribution in [2.24, 2.45) is 0 Å². The lowest BCUT2D eigenvalue weighted by atomic mass is 10.1. The number of H-pyrrole nitrogens is 2. The molecule has 3 heterocycles. The van der Waals surface area contributed by atoms with Gasteiger partial charge in [-0.3, -0.25) is 4.79 Å². The van der Waals surface area contributed by atoms with Crippen molar-refractivity contribution >= 4 is 27.8 Å². The highest BCUT2D eigenvalue weighted by atomic mass is 16.1. The summed E-state index contributed by atoms with van der Waals surface area (Å²) < 4.78 is 0. The van der Waals surface area contributed by atoms with E-state index in [1.807, 2.05) is 48.8 Å². The van der Waals surface area contributed by atoms with Crippen molar-refractivity contribution in [3.05, 3.63) is 66.1 Å². The fourth-order valence-electron chi connectivity index (χ4n) is 2.71. The van der Waals surface area contributed by atoms with Crippen molar-refractivity contribution in [2.75, 3.05) is 0 Å². The van der Waals surface area contributed by atoms with E-state index in [9.17, 15) is 4.79 Å². The Labute approximate surface area is 126 Å². The zero-order chi connectivity index (χ0) is 14.9. The van der Waals surface area contributed by atoms with Gasteiger partial charge in [0, 0.05) is 47.0 Å². The number of carbonyl (C=O) groups is 1. The summed E-state index contributed by atoms with van der Waals surface area (Å²) in [5.41, 5.74) is 3.50. The first-order valence-electron chi connectivity index (χ1n) is 7.08. The number of amides is 1. The van der Waals surface area contributed by atoms with Gasteiger partial charge in [-0.2, -0.15) is 0 Å². The summed E-state index contributed by atoms with van der Waals surface area (Å²) in [7, 11) is 0. The van der Waals surface area contributed by atoms with Crippen LogP contribution in [0.3, 0.4) is 0 Å². The van der Waals surface area contributed by atoms with E-state index in [1.165, 1.54) is 0 Å². The monoisotopic (exact) mass is 290 g/mol. The standard InChI is InChI=1S/C17H14N4O/c22-17(14-3-1-5-15-13(14)6-8-18-15)21-10-11-9-20-16-12(11)4-2-7-19-16/h1-9,18H,10H2,(H,19,20)(H,21,22). The van der Waals surface area contributed by atoms with Crippen LogP contribution in [-0.4, -0.2) is 20.9 Å². The molecule has 0 saturated carbocycles. The highest BCUT2D eigenvalue weighted by Crippen LogP contribution is 2.18. The molecule has 0 aliphatic carbocycles. The Morgan fingerprint density at radius 3 is 3.00 bits per heavy atom. The largest absolute Gasteiger partial charge is 0.361 e. The Hall–Kier alpha value is -3.08. The molecule has 0 fully saturated rings. The predicted molar refractivity (Wildman–Crippen MR) is 85.6 cm³/mol. The zero-order valence-electron chi connectivity index (χ0n) is 11.8. The van der Waals surface area contributed by atoms with Gasteiger partial charge >= 0.3 is 0 Å². The lowest BCUT2D eigenvalue weighted by Crippen LogP contribution is -2.22. The van der Waals surface area contributed by atoms with E-state index in [2.05, 4.69) is 20.3 Å². The molecule has 22 heavy (non-hydrogen) atoms. The smallest absolute Gasteiger partial charge is 0.252 e. The number of nitrogens with zero attached hydrogens (tertiary/aromatic N) is 1. The van der Waals surface area contributed by atoms with E-state index < -0.39 is 0 Å². The van der Waals surface area contributed by atoms with Gasteiger partial charge in [0.1, 0.15) is 5.65 Å². The number of pyridine rings is 1. The molecule has 0 bridgehead atoms. The Bertz CT molecular complexity index is 967. The van der Waals surface area contributed by atoms with Crippen molar-refractivity contribution in [1.29, 1.82) is 0 Å². The average molecular weight is 290 g/mol. The number of aromatic nitrogens is 3. The van der Waals surface area contributed by atoms with Gasteiger partial charge in [-0.1, -0.05) is 6.07 Å². The number of fused-ring (bicyclic) bond motifs is 2. The minimum Gasteiger partial charge on any atom is -0.361 e. The van der Waals surface area contributed by atoms with E-state index in [-0.39, 0.29) is 5.91 Å². The molecule has 0 radical (unpaired) electrons. The molecule has 5 nitrogen and oxygen atoms in total. The molecule has 4 rings (SSSR count). The maximum atomic E-state index is 12.4. The third kappa shape index (κ3) is 2.03. The number of nitrogens with one attached hydrogen (secondary N) is 3. The Morgan fingerprint density at radius 1 is 1.09 bits per heavy atom. The van der Waals surface area contributed by atoms with Crippen LogP contribution in [0.15, 0.2) is 55.0 Å². The number of aromatic amines is 2. The van der Waals surface area contributed by atoms with E-state index >= 15 is 0 Å². The van der Waals surface area contributed by atoms with Crippen LogP contribution in [0.5, 0.6) is 0 Å². The van der Waals surface area contributed by atoms with Crippen molar-refractivity contribution in [3.63, 3.8) is 0 Å². The molecule has 3 aromatic heterocycles. The summed E-state index contributed by atoms with van der Waals surface area (Å²) in [6.07, 6.45) is 5.47. The summed E-state index contributed by atoms with van der Waals surface area (Å²) in [6.45, 7) is 0.464. The fraction of sp³-hybridized carbons (Fsp3) is 0.0588. The van der Waals surface area contributed by atoms with Crippen LogP contribution < -0.4 is 5.32 Å². The average Bonchev–Trinajstić information content (AvgIpc) is 3.19. The SMILES string of the molecule is O=C(NCc1c[nH]c2ncccc12)c1cccc2[nH]ccc12. The molecule has 0 aliphatic heterocycles. The highest BCUT2D eigenvalue weighted by Gasteiger charge is 2.11. The Kier molecular flexibility index (Phi) is 2.89. The second kappa shape index (κ2) is 5.04. The van der Waals surface area contributed by atoms with E-state index in [0.29, 0.717) is 12.1 Å². The van der Waals surface area contributed by atoms with Gasteiger partial charge in [0.05, 0.1) is 0 Å². The van der Waals surface area contributed by atoms with Crippen molar-refractivity contribution < 1.29 is 4.79 Å². The third-order valence-electron chi connectivity index (χ3n) is 3.82. The first kappa shape index (κ1) is 12.6. The van der Waals surface area contributed by atoms with E-state index in [0.717, 1.165) is 27.5 Å². The molecule has 0 aliphatic rings. The predicted octanol–water partition coefficient (Wildman–Crippen LogP) is 2.97. The Morgan fingerprint density at radius 2 is 2.05 bits per heavy atom. The van der Waals surface area contributed by atoms with Crippen molar-refractivity contribution in [1.82, 2.24) is 20.3 Å². The van der Waals surface area contributed by atoms with Gasteiger partial charge in [-0.25, -0.2) is 4.98 Å². The molecule has 0 saturated heterocycles. The molecule has 5 heteroatoms. The van der Waals surface area contributed by atoms with Crippen LogP contribution in [0.1, 0.15) is 15.9 Å². The molecule has 1 amide bonds. The summed E-state index contributed by atoms with van der Waals surface area (Å²) >= 11 is 0. The van der Waals surface area contributed by atoms with Gasteiger partial charge in [-0.05, 0) is 35.9 Å². The maximum Gasteiger partial charge on any atom is 0.252 e. The van der Waals surface area contributed by atoms with Crippen LogP contribution >= 0.6 is 0 Å². The number of rotatable bonds is 3. The first-order valence-corrected chi connectivity index (χ1v) is 7.08. The quantitative estimate of drug-likeness (QED) is 0.542.